The largest absolute Gasteiger partial charge is 0.460 e. The highest BCUT2D eigenvalue weighted by Gasteiger charge is 2.82. The number of fused-ring (bicyclic) bond motifs is 1. The third kappa shape index (κ3) is 3.46. The van der Waals surface area contributed by atoms with Gasteiger partial charge in [-0.05, 0) is 17.7 Å². The summed E-state index contributed by atoms with van der Waals surface area (Å²) in [6.45, 7) is 0. The molecule has 1 aliphatic rings. The molecule has 0 unspecified atom stereocenters. The molecular weight excluding hydrogens is 427 g/mol. The van der Waals surface area contributed by atoms with Crippen molar-refractivity contribution in [3.05, 3.63) is 60.2 Å². The number of halogens is 9. The lowest BCUT2D eigenvalue weighted by Crippen LogP contribution is -2.63. The summed E-state index contributed by atoms with van der Waals surface area (Å²) in [5, 5.41) is 0. The minimum Gasteiger partial charge on any atom is -0.250 e. The zero-order chi connectivity index (χ0) is 22.4. The fourth-order valence-electron chi connectivity index (χ4n) is 2.72. The van der Waals surface area contributed by atoms with Crippen LogP contribution in [0.25, 0.3) is 0 Å². The Bertz CT molecular complexity index is 993. The zero-order valence-electron chi connectivity index (χ0n) is 14.7. The molecule has 0 N–H and O–H groups in total. The molecule has 160 valence electrons. The quantitative estimate of drug-likeness (QED) is 0.472. The monoisotopic (exact) mass is 438 g/mol. The number of nitrogens with zero attached hydrogens (tertiary/aromatic N) is 2. The molecular formula is C19H11F9N2. The highest BCUT2D eigenvalue weighted by molar-refractivity contribution is 6.17. The molecule has 2 aromatic rings. The maximum atomic E-state index is 14.6. The number of para-hydroxylation sites is 2. The summed E-state index contributed by atoms with van der Waals surface area (Å²) in [7, 11) is 0. The Hall–Kier alpha value is -2.85. The Morgan fingerprint density at radius 2 is 1.10 bits per heavy atom. The van der Waals surface area contributed by atoms with E-state index in [-0.39, 0.29) is 22.6 Å². The fourth-order valence-corrected chi connectivity index (χ4v) is 2.72. The van der Waals surface area contributed by atoms with Crippen molar-refractivity contribution in [3.63, 3.8) is 0 Å². The van der Waals surface area contributed by atoms with Crippen molar-refractivity contribution in [2.24, 2.45) is 9.98 Å². The predicted octanol–water partition coefficient (Wildman–Crippen LogP) is 6.75. The van der Waals surface area contributed by atoms with Gasteiger partial charge in [0.25, 0.3) is 0 Å². The SMILES string of the molecule is FC(F)(F)C(F)(F)C(F)(F)C(F)(F)C1=Nc2ccccc2N=C(c2ccccc2)C1. The number of aliphatic imine (C=N–C) groups is 2. The van der Waals surface area contributed by atoms with Gasteiger partial charge >= 0.3 is 23.9 Å². The maximum Gasteiger partial charge on any atom is 0.460 e. The molecule has 11 heteroatoms. The summed E-state index contributed by atoms with van der Waals surface area (Å²) >= 11 is 0. The van der Waals surface area contributed by atoms with Crippen LogP contribution < -0.4 is 0 Å². The topological polar surface area (TPSA) is 24.7 Å². The van der Waals surface area contributed by atoms with E-state index in [1.54, 1.807) is 6.07 Å². The molecule has 3 rings (SSSR count). The van der Waals surface area contributed by atoms with Crippen molar-refractivity contribution in [2.45, 2.75) is 30.4 Å². The molecule has 0 fully saturated rings. The Morgan fingerprint density at radius 3 is 1.63 bits per heavy atom. The normalized spacial score (nSPS) is 15.8. The van der Waals surface area contributed by atoms with Gasteiger partial charge in [-0.15, -0.1) is 0 Å². The van der Waals surface area contributed by atoms with Crippen LogP contribution >= 0.6 is 0 Å². The molecule has 2 aromatic carbocycles. The molecule has 0 saturated carbocycles. The molecule has 0 bridgehead atoms. The summed E-state index contributed by atoms with van der Waals surface area (Å²) < 4.78 is 121. The average Bonchev–Trinajstić information content (AvgIpc) is 2.87. The summed E-state index contributed by atoms with van der Waals surface area (Å²) in [5.41, 5.74) is -2.32. The lowest BCUT2D eigenvalue weighted by atomic mass is 9.94. The second kappa shape index (κ2) is 7.13. The van der Waals surface area contributed by atoms with Crippen molar-refractivity contribution in [1.82, 2.24) is 0 Å². The van der Waals surface area contributed by atoms with Gasteiger partial charge in [-0.1, -0.05) is 42.5 Å². The summed E-state index contributed by atoms with van der Waals surface area (Å²) in [4.78, 5) is 7.40. The third-order valence-corrected chi connectivity index (χ3v) is 4.34. The van der Waals surface area contributed by atoms with Crippen molar-refractivity contribution in [1.29, 1.82) is 0 Å². The lowest BCUT2D eigenvalue weighted by Gasteiger charge is -2.34. The Labute approximate surface area is 163 Å². The van der Waals surface area contributed by atoms with Crippen LogP contribution in [0.4, 0.5) is 50.9 Å². The molecule has 0 aliphatic carbocycles. The lowest BCUT2D eigenvalue weighted by molar-refractivity contribution is -0.384. The molecule has 1 aliphatic heterocycles. The van der Waals surface area contributed by atoms with E-state index in [9.17, 15) is 39.5 Å². The van der Waals surface area contributed by atoms with Gasteiger partial charge in [-0.3, -0.25) is 4.99 Å². The number of hydrogen-bond donors (Lipinski definition) is 0. The van der Waals surface area contributed by atoms with Gasteiger partial charge in [0.15, 0.2) is 0 Å². The van der Waals surface area contributed by atoms with Gasteiger partial charge in [-0.2, -0.15) is 39.5 Å². The van der Waals surface area contributed by atoms with Gasteiger partial charge in [-0.25, -0.2) is 4.99 Å². The summed E-state index contributed by atoms with van der Waals surface area (Å²) in [5.74, 6) is -19.7. The summed E-state index contributed by atoms with van der Waals surface area (Å²) in [6.07, 6.45) is -8.07. The first-order chi connectivity index (χ1) is 13.8. The first kappa shape index (κ1) is 21.8. The highest BCUT2D eigenvalue weighted by atomic mass is 19.4. The van der Waals surface area contributed by atoms with Crippen LogP contribution in [0.1, 0.15) is 12.0 Å². The number of hydrogen-bond acceptors (Lipinski definition) is 2. The second-order valence-electron chi connectivity index (χ2n) is 6.37. The minimum absolute atomic E-state index is 0.0342. The minimum atomic E-state index is -7.00. The first-order valence-electron chi connectivity index (χ1n) is 8.29. The number of benzene rings is 2. The predicted molar refractivity (Wildman–Crippen MR) is 91.7 cm³/mol. The van der Waals surface area contributed by atoms with E-state index in [1.165, 1.54) is 42.5 Å². The second-order valence-corrected chi connectivity index (χ2v) is 6.37. The van der Waals surface area contributed by atoms with Crippen molar-refractivity contribution in [2.75, 3.05) is 0 Å². The van der Waals surface area contributed by atoms with Crippen LogP contribution in [0.15, 0.2) is 64.6 Å². The molecule has 0 amide bonds. The van der Waals surface area contributed by atoms with E-state index in [2.05, 4.69) is 9.98 Å². The molecule has 30 heavy (non-hydrogen) atoms. The van der Waals surface area contributed by atoms with E-state index >= 15 is 0 Å². The third-order valence-electron chi connectivity index (χ3n) is 4.34. The zero-order valence-corrected chi connectivity index (χ0v) is 14.7. The Morgan fingerprint density at radius 1 is 0.600 bits per heavy atom. The van der Waals surface area contributed by atoms with E-state index in [4.69, 9.17) is 0 Å². The summed E-state index contributed by atoms with van der Waals surface area (Å²) in [6, 6.07) is 12.5. The Balaban J connectivity index is 2.17. The van der Waals surface area contributed by atoms with Crippen LogP contribution in [0.5, 0.6) is 0 Å². The van der Waals surface area contributed by atoms with Gasteiger partial charge in [0.05, 0.1) is 17.1 Å². The van der Waals surface area contributed by atoms with E-state index in [0.717, 1.165) is 6.07 Å². The fraction of sp³-hybridized carbons (Fsp3) is 0.263. The van der Waals surface area contributed by atoms with E-state index in [1.807, 2.05) is 0 Å². The first-order valence-corrected chi connectivity index (χ1v) is 8.29. The molecule has 0 saturated heterocycles. The van der Waals surface area contributed by atoms with Crippen molar-refractivity contribution >= 4 is 22.8 Å². The average molecular weight is 438 g/mol. The van der Waals surface area contributed by atoms with Gasteiger partial charge in [0.1, 0.15) is 5.71 Å². The van der Waals surface area contributed by atoms with Gasteiger partial charge < -0.3 is 0 Å². The Kier molecular flexibility index (Phi) is 5.20. The van der Waals surface area contributed by atoms with Crippen LogP contribution in [0.2, 0.25) is 0 Å². The van der Waals surface area contributed by atoms with Crippen LogP contribution in [-0.4, -0.2) is 35.4 Å². The van der Waals surface area contributed by atoms with Crippen LogP contribution in [0.3, 0.4) is 0 Å². The van der Waals surface area contributed by atoms with Crippen LogP contribution in [0, 0.1) is 0 Å². The number of rotatable bonds is 4. The molecule has 0 spiro atoms. The van der Waals surface area contributed by atoms with E-state index in [0.29, 0.717) is 0 Å². The van der Waals surface area contributed by atoms with E-state index < -0.39 is 36.1 Å². The molecule has 1 heterocycles. The van der Waals surface area contributed by atoms with Crippen LogP contribution in [-0.2, 0) is 0 Å². The molecule has 0 aromatic heterocycles. The molecule has 0 radical (unpaired) electrons. The highest BCUT2D eigenvalue weighted by Crippen LogP contribution is 2.54. The maximum absolute atomic E-state index is 14.6. The van der Waals surface area contributed by atoms with Crippen molar-refractivity contribution < 1.29 is 39.5 Å². The molecule has 0 atom stereocenters. The van der Waals surface area contributed by atoms with Gasteiger partial charge in [0, 0.05) is 6.42 Å². The standard InChI is InChI=1S/C19H11F9N2/c20-16(21,17(22,23)18(24,25)19(26,27)28)15-10-14(11-6-2-1-3-7-11)29-12-8-4-5-9-13(12)30-15/h1-9H,10H2. The van der Waals surface area contributed by atoms with Gasteiger partial charge in [0.2, 0.25) is 0 Å². The number of alkyl halides is 9. The van der Waals surface area contributed by atoms with Crippen molar-refractivity contribution in [3.8, 4) is 0 Å². The smallest absolute Gasteiger partial charge is 0.250 e. The molecule has 2 nitrogen and oxygen atoms in total.